The molecule has 0 saturated heterocycles. The van der Waals surface area contributed by atoms with Crippen LogP contribution in [0.2, 0.25) is 0 Å². The molecule has 2 aromatic carbocycles. The molecule has 152 valence electrons. The lowest BCUT2D eigenvalue weighted by atomic mass is 10.2. The first-order chi connectivity index (χ1) is 13.8. The van der Waals surface area contributed by atoms with Crippen LogP contribution in [0.15, 0.2) is 53.7 Å². The molecule has 6 nitrogen and oxygen atoms in total. The number of halogens is 1. The van der Waals surface area contributed by atoms with E-state index in [1.807, 2.05) is 61.7 Å². The molecule has 8 heteroatoms. The Bertz CT molecular complexity index is 970. The van der Waals surface area contributed by atoms with Gasteiger partial charge in [-0.3, -0.25) is 14.3 Å². The third-order valence-corrected chi connectivity index (χ3v) is 5.49. The van der Waals surface area contributed by atoms with Crippen LogP contribution in [0.1, 0.15) is 24.4 Å². The maximum Gasteiger partial charge on any atom is 0.234 e. The maximum absolute atomic E-state index is 13.4. The van der Waals surface area contributed by atoms with Gasteiger partial charge in [-0.05, 0) is 64.3 Å². The first kappa shape index (κ1) is 21.0. The van der Waals surface area contributed by atoms with Gasteiger partial charge >= 0.3 is 0 Å². The molecule has 0 aliphatic carbocycles. The third kappa shape index (κ3) is 5.21. The van der Waals surface area contributed by atoms with Gasteiger partial charge in [0.1, 0.15) is 5.82 Å². The quantitative estimate of drug-likeness (QED) is 0.592. The van der Waals surface area contributed by atoms with E-state index < -0.39 is 0 Å². The van der Waals surface area contributed by atoms with Gasteiger partial charge in [-0.2, -0.15) is 0 Å². The molecule has 3 aromatic rings. The number of rotatable bonds is 7. The number of anilines is 1. The molecule has 0 spiro atoms. The maximum atomic E-state index is 13.4. The highest BCUT2D eigenvalue weighted by Crippen LogP contribution is 2.27. The normalized spacial score (nSPS) is 12.2. The summed E-state index contributed by atoms with van der Waals surface area (Å²) in [7, 11) is 3.91. The zero-order valence-electron chi connectivity index (χ0n) is 16.9. The molecule has 1 aromatic heterocycles. The number of aryl methyl sites for hydroxylation is 1. The van der Waals surface area contributed by atoms with Gasteiger partial charge in [-0.25, -0.2) is 4.39 Å². The first-order valence-corrected chi connectivity index (χ1v) is 10.2. The summed E-state index contributed by atoms with van der Waals surface area (Å²) >= 11 is 1.29. The monoisotopic (exact) mass is 413 g/mol. The molecule has 0 fully saturated rings. The van der Waals surface area contributed by atoms with Gasteiger partial charge in [0.25, 0.3) is 0 Å². The van der Waals surface area contributed by atoms with E-state index in [-0.39, 0.29) is 23.5 Å². The molecule has 0 saturated carbocycles. The number of hydrogen-bond donors (Lipinski definition) is 1. The molecule has 1 amide bonds. The van der Waals surface area contributed by atoms with Crippen LogP contribution in [0.3, 0.4) is 0 Å². The molecule has 1 heterocycles. The summed E-state index contributed by atoms with van der Waals surface area (Å²) < 4.78 is 15.3. The number of thioether (sulfide) groups is 1. The van der Waals surface area contributed by atoms with Crippen LogP contribution in [0.5, 0.6) is 0 Å². The Labute approximate surface area is 174 Å². The standard InChI is InChI=1S/C21H24FN5OS/c1-14-5-9-17(10-6-14)23-19(28)13-29-21-25-24-20(15(2)26(3)4)27(21)18-11-7-16(22)8-12-18/h5-12,15H,13H2,1-4H3,(H,23,28)/t15-/m1/s1. The Hall–Kier alpha value is -2.71. The first-order valence-electron chi connectivity index (χ1n) is 9.22. The summed E-state index contributed by atoms with van der Waals surface area (Å²) in [6.07, 6.45) is 0. The second kappa shape index (κ2) is 9.19. The number of nitrogens with one attached hydrogen (secondary N) is 1. The lowest BCUT2D eigenvalue weighted by molar-refractivity contribution is -0.113. The SMILES string of the molecule is Cc1ccc(NC(=O)CSc2nnc([C@@H](C)N(C)C)n2-c2ccc(F)cc2)cc1. The number of aromatic nitrogens is 3. The number of nitrogens with zero attached hydrogens (tertiary/aromatic N) is 4. The van der Waals surface area contributed by atoms with Crippen molar-refractivity contribution in [3.8, 4) is 5.69 Å². The van der Waals surface area contributed by atoms with E-state index in [0.717, 1.165) is 22.8 Å². The number of amides is 1. The van der Waals surface area contributed by atoms with Crippen LogP contribution in [0.4, 0.5) is 10.1 Å². The van der Waals surface area contributed by atoms with Crippen LogP contribution in [-0.2, 0) is 4.79 Å². The number of carbonyl (C=O) groups excluding carboxylic acids is 1. The highest BCUT2D eigenvalue weighted by molar-refractivity contribution is 7.99. The second-order valence-electron chi connectivity index (χ2n) is 7.00. The predicted octanol–water partition coefficient (Wildman–Crippen LogP) is 4.07. The van der Waals surface area contributed by atoms with Crippen molar-refractivity contribution in [2.75, 3.05) is 25.2 Å². The van der Waals surface area contributed by atoms with E-state index in [1.54, 1.807) is 12.1 Å². The predicted molar refractivity (Wildman–Crippen MR) is 114 cm³/mol. The fourth-order valence-electron chi connectivity index (χ4n) is 2.67. The largest absolute Gasteiger partial charge is 0.325 e. The fraction of sp³-hybridized carbons (Fsp3) is 0.286. The summed E-state index contributed by atoms with van der Waals surface area (Å²) in [5.41, 5.74) is 2.64. The summed E-state index contributed by atoms with van der Waals surface area (Å²) in [6.45, 7) is 4.01. The molecule has 3 rings (SSSR count). The summed E-state index contributed by atoms with van der Waals surface area (Å²) in [6, 6.07) is 13.8. The molecule has 1 atom stereocenters. The van der Waals surface area contributed by atoms with E-state index in [4.69, 9.17) is 0 Å². The zero-order chi connectivity index (χ0) is 21.0. The van der Waals surface area contributed by atoms with Gasteiger partial charge in [-0.1, -0.05) is 29.5 Å². The molecule has 0 aliphatic rings. The summed E-state index contributed by atoms with van der Waals surface area (Å²) in [5, 5.41) is 12.1. The van der Waals surface area contributed by atoms with Crippen LogP contribution in [0.25, 0.3) is 5.69 Å². The van der Waals surface area contributed by atoms with Crippen molar-refractivity contribution >= 4 is 23.4 Å². The van der Waals surface area contributed by atoms with Crippen molar-refractivity contribution in [2.45, 2.75) is 25.0 Å². The number of hydrogen-bond acceptors (Lipinski definition) is 5. The van der Waals surface area contributed by atoms with Crippen molar-refractivity contribution in [1.82, 2.24) is 19.7 Å². The Morgan fingerprint density at radius 3 is 2.41 bits per heavy atom. The summed E-state index contributed by atoms with van der Waals surface area (Å²) in [4.78, 5) is 14.4. The van der Waals surface area contributed by atoms with Crippen molar-refractivity contribution in [3.05, 3.63) is 65.7 Å². The Morgan fingerprint density at radius 1 is 1.14 bits per heavy atom. The van der Waals surface area contributed by atoms with Gasteiger partial charge in [-0.15, -0.1) is 10.2 Å². The van der Waals surface area contributed by atoms with Crippen LogP contribution >= 0.6 is 11.8 Å². The molecular formula is C21H24FN5OS. The highest BCUT2D eigenvalue weighted by Gasteiger charge is 2.21. The van der Waals surface area contributed by atoms with E-state index in [1.165, 1.54) is 23.9 Å². The number of carbonyl (C=O) groups is 1. The smallest absolute Gasteiger partial charge is 0.234 e. The molecule has 1 N–H and O–H groups in total. The average Bonchev–Trinajstić information content (AvgIpc) is 3.12. The minimum absolute atomic E-state index is 0.0108. The van der Waals surface area contributed by atoms with Crippen LogP contribution < -0.4 is 5.32 Å². The van der Waals surface area contributed by atoms with Gasteiger partial charge < -0.3 is 5.32 Å². The van der Waals surface area contributed by atoms with Gasteiger partial charge in [0.05, 0.1) is 11.8 Å². The number of benzene rings is 2. The molecule has 0 radical (unpaired) electrons. The Morgan fingerprint density at radius 2 is 1.79 bits per heavy atom. The van der Waals surface area contributed by atoms with Crippen LogP contribution in [-0.4, -0.2) is 45.4 Å². The Kier molecular flexibility index (Phi) is 6.66. The average molecular weight is 414 g/mol. The summed E-state index contributed by atoms with van der Waals surface area (Å²) in [5.74, 6) is 0.470. The molecular weight excluding hydrogens is 389 g/mol. The molecule has 29 heavy (non-hydrogen) atoms. The van der Waals surface area contributed by atoms with Gasteiger partial charge in [0, 0.05) is 11.4 Å². The fourth-order valence-corrected chi connectivity index (χ4v) is 3.43. The molecule has 0 aliphatic heterocycles. The van der Waals surface area contributed by atoms with Gasteiger partial charge in [0.2, 0.25) is 5.91 Å². The van der Waals surface area contributed by atoms with E-state index >= 15 is 0 Å². The minimum Gasteiger partial charge on any atom is -0.325 e. The third-order valence-electron chi connectivity index (χ3n) is 4.56. The van der Waals surface area contributed by atoms with E-state index in [0.29, 0.717) is 5.16 Å². The van der Waals surface area contributed by atoms with Crippen molar-refractivity contribution < 1.29 is 9.18 Å². The minimum atomic E-state index is -0.310. The van der Waals surface area contributed by atoms with Crippen LogP contribution in [0, 0.1) is 12.7 Å². The lowest BCUT2D eigenvalue weighted by Gasteiger charge is -2.20. The van der Waals surface area contributed by atoms with E-state index in [2.05, 4.69) is 15.5 Å². The van der Waals surface area contributed by atoms with E-state index in [9.17, 15) is 9.18 Å². The van der Waals surface area contributed by atoms with Crippen molar-refractivity contribution in [2.24, 2.45) is 0 Å². The Balaban J connectivity index is 1.80. The van der Waals surface area contributed by atoms with Gasteiger partial charge in [0.15, 0.2) is 11.0 Å². The molecule has 0 unspecified atom stereocenters. The lowest BCUT2D eigenvalue weighted by Crippen LogP contribution is -2.21. The molecule has 0 bridgehead atoms. The van der Waals surface area contributed by atoms with Crippen molar-refractivity contribution in [3.63, 3.8) is 0 Å². The second-order valence-corrected chi connectivity index (χ2v) is 7.94. The topological polar surface area (TPSA) is 63.1 Å². The zero-order valence-corrected chi connectivity index (χ0v) is 17.7. The highest BCUT2D eigenvalue weighted by atomic mass is 32.2. The van der Waals surface area contributed by atoms with Crippen molar-refractivity contribution in [1.29, 1.82) is 0 Å².